The van der Waals surface area contributed by atoms with Gasteiger partial charge in [0.15, 0.2) is 0 Å². The van der Waals surface area contributed by atoms with Gasteiger partial charge < -0.3 is 10.1 Å². The van der Waals surface area contributed by atoms with Crippen molar-refractivity contribution in [1.29, 1.82) is 0 Å². The maximum atomic E-state index is 5.97. The zero-order valence-electron chi connectivity index (χ0n) is 11.8. The Kier molecular flexibility index (Phi) is 3.91. The van der Waals surface area contributed by atoms with Gasteiger partial charge in [-0.15, -0.1) is 0 Å². The molecule has 1 aliphatic carbocycles. The van der Waals surface area contributed by atoms with Gasteiger partial charge in [0.2, 0.25) is 0 Å². The number of aromatic nitrogens is 1. The molecule has 1 heterocycles. The third-order valence-electron chi connectivity index (χ3n) is 3.81. The predicted octanol–water partition coefficient (Wildman–Crippen LogP) is 3.33. The molecule has 2 rings (SSSR count). The van der Waals surface area contributed by atoms with Crippen LogP contribution in [-0.2, 0) is 4.74 Å². The van der Waals surface area contributed by atoms with Gasteiger partial charge in [-0.25, -0.2) is 0 Å². The van der Waals surface area contributed by atoms with Gasteiger partial charge in [0.1, 0.15) is 0 Å². The van der Waals surface area contributed by atoms with E-state index in [1.807, 2.05) is 12.3 Å². The number of hydrogen-bond donors (Lipinski definition) is 1. The smallest absolute Gasteiger partial charge is 0.0665 e. The average molecular weight is 248 g/mol. The highest BCUT2D eigenvalue weighted by atomic mass is 16.5. The molecule has 1 aromatic heterocycles. The van der Waals surface area contributed by atoms with Crippen molar-refractivity contribution >= 4 is 5.69 Å². The van der Waals surface area contributed by atoms with Gasteiger partial charge in [0.25, 0.3) is 0 Å². The summed E-state index contributed by atoms with van der Waals surface area (Å²) in [5, 5.41) is 3.54. The van der Waals surface area contributed by atoms with E-state index in [4.69, 9.17) is 4.74 Å². The maximum Gasteiger partial charge on any atom is 0.0665 e. The van der Waals surface area contributed by atoms with Crippen LogP contribution < -0.4 is 5.32 Å². The Morgan fingerprint density at radius 2 is 2.28 bits per heavy atom. The fourth-order valence-corrected chi connectivity index (χ4v) is 2.37. The molecule has 1 aromatic rings. The molecule has 0 amide bonds. The Balaban J connectivity index is 1.87. The van der Waals surface area contributed by atoms with E-state index in [9.17, 15) is 0 Å². The lowest BCUT2D eigenvalue weighted by Crippen LogP contribution is -2.58. The van der Waals surface area contributed by atoms with Crippen molar-refractivity contribution in [3.63, 3.8) is 0 Å². The number of ether oxygens (including phenoxy) is 1. The van der Waals surface area contributed by atoms with Crippen molar-refractivity contribution < 1.29 is 4.74 Å². The van der Waals surface area contributed by atoms with Crippen molar-refractivity contribution in [3.05, 3.63) is 24.5 Å². The van der Waals surface area contributed by atoms with Gasteiger partial charge in [-0.05, 0) is 24.5 Å². The molecule has 0 saturated heterocycles. The first-order valence-corrected chi connectivity index (χ1v) is 6.78. The van der Waals surface area contributed by atoms with Gasteiger partial charge >= 0.3 is 0 Å². The van der Waals surface area contributed by atoms with Crippen LogP contribution in [0.5, 0.6) is 0 Å². The van der Waals surface area contributed by atoms with Crippen LogP contribution in [0.4, 0.5) is 5.69 Å². The highest BCUT2D eigenvalue weighted by Crippen LogP contribution is 2.44. The summed E-state index contributed by atoms with van der Waals surface area (Å²) < 4.78 is 5.97. The average Bonchev–Trinajstić information content (AvgIpc) is 2.33. The van der Waals surface area contributed by atoms with Gasteiger partial charge in [-0.3, -0.25) is 4.98 Å². The van der Waals surface area contributed by atoms with Crippen molar-refractivity contribution in [1.82, 2.24) is 4.98 Å². The minimum absolute atomic E-state index is 0.185. The number of pyridine rings is 1. The standard InChI is InChI=1S/C15H24N2O/c1-11(2)10-18-14-8-13(15(14,3)4)17-12-6-5-7-16-9-12/h5-7,9,11,13-14,17H,8,10H2,1-4H3. The Labute approximate surface area is 110 Å². The summed E-state index contributed by atoms with van der Waals surface area (Å²) in [7, 11) is 0. The van der Waals surface area contributed by atoms with Crippen molar-refractivity contribution in [2.24, 2.45) is 11.3 Å². The summed E-state index contributed by atoms with van der Waals surface area (Å²) in [6, 6.07) is 4.49. The molecule has 0 radical (unpaired) electrons. The summed E-state index contributed by atoms with van der Waals surface area (Å²) in [5.74, 6) is 0.603. The van der Waals surface area contributed by atoms with E-state index in [1.165, 1.54) is 0 Å². The summed E-state index contributed by atoms with van der Waals surface area (Å²) >= 11 is 0. The highest BCUT2D eigenvalue weighted by molar-refractivity contribution is 5.42. The van der Waals surface area contributed by atoms with Crippen molar-refractivity contribution in [3.8, 4) is 0 Å². The van der Waals surface area contributed by atoms with Gasteiger partial charge in [-0.1, -0.05) is 27.7 Å². The zero-order chi connectivity index (χ0) is 13.2. The SMILES string of the molecule is CC(C)COC1CC(Nc2cccnc2)C1(C)C. The summed E-state index contributed by atoms with van der Waals surface area (Å²) in [4.78, 5) is 4.13. The number of rotatable bonds is 5. The van der Waals surface area contributed by atoms with E-state index >= 15 is 0 Å². The molecular weight excluding hydrogens is 224 g/mol. The highest BCUT2D eigenvalue weighted by Gasteiger charge is 2.49. The second-order valence-corrected chi connectivity index (χ2v) is 6.21. The molecule has 0 aliphatic heterocycles. The van der Waals surface area contributed by atoms with Crippen LogP contribution in [0.2, 0.25) is 0 Å². The normalized spacial score (nSPS) is 25.8. The van der Waals surface area contributed by atoms with Gasteiger partial charge in [0, 0.05) is 30.5 Å². The molecule has 18 heavy (non-hydrogen) atoms. The molecule has 0 bridgehead atoms. The minimum atomic E-state index is 0.185. The summed E-state index contributed by atoms with van der Waals surface area (Å²) in [6.07, 6.45) is 5.12. The number of nitrogens with zero attached hydrogens (tertiary/aromatic N) is 1. The first-order valence-electron chi connectivity index (χ1n) is 6.78. The van der Waals surface area contributed by atoms with Crippen LogP contribution >= 0.6 is 0 Å². The predicted molar refractivity (Wildman–Crippen MR) is 74.6 cm³/mol. The van der Waals surface area contributed by atoms with E-state index in [-0.39, 0.29) is 5.41 Å². The molecule has 1 fully saturated rings. The number of nitrogens with one attached hydrogen (secondary N) is 1. The molecule has 1 saturated carbocycles. The van der Waals surface area contributed by atoms with Crippen molar-refractivity contribution in [2.45, 2.75) is 46.3 Å². The van der Waals surface area contributed by atoms with Crippen LogP contribution in [0.1, 0.15) is 34.1 Å². The molecule has 0 aromatic carbocycles. The molecule has 100 valence electrons. The summed E-state index contributed by atoms with van der Waals surface area (Å²) in [6.45, 7) is 9.78. The lowest BCUT2D eigenvalue weighted by Gasteiger charge is -2.52. The first-order chi connectivity index (χ1) is 8.50. The Morgan fingerprint density at radius 3 is 2.83 bits per heavy atom. The number of hydrogen-bond acceptors (Lipinski definition) is 3. The van der Waals surface area contributed by atoms with Crippen LogP contribution in [-0.4, -0.2) is 23.7 Å². The summed E-state index contributed by atoms with van der Waals surface area (Å²) in [5.41, 5.74) is 1.28. The van der Waals surface area contributed by atoms with Crippen LogP contribution in [0, 0.1) is 11.3 Å². The molecular formula is C15H24N2O. The third-order valence-corrected chi connectivity index (χ3v) is 3.81. The van der Waals surface area contributed by atoms with E-state index in [0.29, 0.717) is 18.1 Å². The maximum absolute atomic E-state index is 5.97. The van der Waals surface area contributed by atoms with Gasteiger partial charge in [-0.2, -0.15) is 0 Å². The monoisotopic (exact) mass is 248 g/mol. The van der Waals surface area contributed by atoms with Crippen LogP contribution in [0.3, 0.4) is 0 Å². The first kappa shape index (κ1) is 13.3. The van der Waals surface area contributed by atoms with E-state index in [0.717, 1.165) is 18.7 Å². The molecule has 3 nitrogen and oxygen atoms in total. The minimum Gasteiger partial charge on any atom is -0.380 e. The van der Waals surface area contributed by atoms with E-state index in [1.54, 1.807) is 6.20 Å². The second kappa shape index (κ2) is 5.27. The Hall–Kier alpha value is -1.09. The largest absolute Gasteiger partial charge is 0.380 e. The fourth-order valence-electron chi connectivity index (χ4n) is 2.37. The molecule has 1 aliphatic rings. The van der Waals surface area contributed by atoms with Crippen molar-refractivity contribution in [2.75, 3.05) is 11.9 Å². The van der Waals surface area contributed by atoms with E-state index in [2.05, 4.69) is 44.1 Å². The Bertz CT molecular complexity index is 375. The zero-order valence-corrected chi connectivity index (χ0v) is 11.8. The Morgan fingerprint density at radius 1 is 1.50 bits per heavy atom. The number of anilines is 1. The lowest BCUT2D eigenvalue weighted by atomic mass is 9.64. The third kappa shape index (κ3) is 2.83. The van der Waals surface area contributed by atoms with Crippen LogP contribution in [0.25, 0.3) is 0 Å². The lowest BCUT2D eigenvalue weighted by molar-refractivity contribution is -0.108. The topological polar surface area (TPSA) is 34.1 Å². The van der Waals surface area contributed by atoms with E-state index < -0.39 is 0 Å². The molecule has 0 spiro atoms. The fraction of sp³-hybridized carbons (Fsp3) is 0.667. The van der Waals surface area contributed by atoms with Crippen LogP contribution in [0.15, 0.2) is 24.5 Å². The molecule has 1 N–H and O–H groups in total. The quantitative estimate of drug-likeness (QED) is 0.868. The molecule has 3 heteroatoms. The second-order valence-electron chi connectivity index (χ2n) is 6.21. The molecule has 2 atom stereocenters. The van der Waals surface area contributed by atoms with Gasteiger partial charge in [0.05, 0.1) is 11.8 Å². The molecule has 2 unspecified atom stereocenters.